The van der Waals surface area contributed by atoms with Gasteiger partial charge in [-0.15, -0.1) is 0 Å². The molecule has 3 aromatic carbocycles. The molecule has 0 unspecified atom stereocenters. The van der Waals surface area contributed by atoms with Gasteiger partial charge in [0.2, 0.25) is 0 Å². The van der Waals surface area contributed by atoms with Crippen molar-refractivity contribution < 1.29 is 0 Å². The van der Waals surface area contributed by atoms with Crippen LogP contribution >= 0.6 is 0 Å². The van der Waals surface area contributed by atoms with Crippen LogP contribution in [0.25, 0.3) is 21.5 Å². The fraction of sp³-hybridized carbons (Fsp3) is 0.222. The van der Waals surface area contributed by atoms with Gasteiger partial charge in [-0.05, 0) is 33.2 Å². The van der Waals surface area contributed by atoms with Crippen LogP contribution in [0.3, 0.4) is 0 Å². The van der Waals surface area contributed by atoms with Gasteiger partial charge in [0.25, 0.3) is 0 Å². The third kappa shape index (κ3) is 1.89. The Bertz CT molecular complexity index is 758. The Morgan fingerprint density at radius 1 is 0.800 bits per heavy atom. The van der Waals surface area contributed by atoms with Gasteiger partial charge in [0.15, 0.2) is 0 Å². The number of nitrogens with one attached hydrogen (secondary N) is 2. The molecule has 2 nitrogen and oxygen atoms in total. The summed E-state index contributed by atoms with van der Waals surface area (Å²) in [5, 5.41) is 12.5. The second-order valence-electron chi connectivity index (χ2n) is 5.44. The van der Waals surface area contributed by atoms with Crippen LogP contribution in [0.5, 0.6) is 0 Å². The van der Waals surface area contributed by atoms with Crippen molar-refractivity contribution in [3.63, 3.8) is 0 Å². The zero-order chi connectivity index (χ0) is 13.4. The predicted octanol–water partition coefficient (Wildman–Crippen LogP) is 3.23. The molecule has 20 heavy (non-hydrogen) atoms. The summed E-state index contributed by atoms with van der Waals surface area (Å²) in [7, 11) is 0. The first-order valence-electron chi connectivity index (χ1n) is 7.28. The van der Waals surface area contributed by atoms with E-state index in [1.165, 1.54) is 27.1 Å². The van der Waals surface area contributed by atoms with Crippen molar-refractivity contribution in [1.82, 2.24) is 10.6 Å². The zero-order valence-electron chi connectivity index (χ0n) is 11.4. The Kier molecular flexibility index (Phi) is 2.91. The van der Waals surface area contributed by atoms with Gasteiger partial charge >= 0.3 is 0 Å². The highest BCUT2D eigenvalue weighted by Crippen LogP contribution is 2.32. The monoisotopic (exact) mass is 262 g/mol. The Labute approximate surface area is 118 Å². The predicted molar refractivity (Wildman–Crippen MR) is 85.1 cm³/mol. The van der Waals surface area contributed by atoms with Gasteiger partial charge < -0.3 is 10.6 Å². The Hall–Kier alpha value is -1.90. The van der Waals surface area contributed by atoms with Crippen molar-refractivity contribution >= 4 is 21.5 Å². The molecule has 1 atom stereocenters. The molecule has 100 valence electrons. The molecular weight excluding hydrogens is 244 g/mol. The average molecular weight is 262 g/mol. The first kappa shape index (κ1) is 11.9. The van der Waals surface area contributed by atoms with Crippen molar-refractivity contribution in [2.24, 2.45) is 0 Å². The minimum absolute atomic E-state index is 0.401. The summed E-state index contributed by atoms with van der Waals surface area (Å²) in [6.45, 7) is 3.09. The lowest BCUT2D eigenvalue weighted by Crippen LogP contribution is -2.42. The largest absolute Gasteiger partial charge is 0.314 e. The van der Waals surface area contributed by atoms with Crippen LogP contribution in [0, 0.1) is 0 Å². The van der Waals surface area contributed by atoms with Crippen LogP contribution in [0.1, 0.15) is 11.6 Å². The Morgan fingerprint density at radius 2 is 1.55 bits per heavy atom. The van der Waals surface area contributed by atoms with E-state index in [0.29, 0.717) is 6.04 Å². The molecule has 1 heterocycles. The maximum Gasteiger partial charge on any atom is 0.0453 e. The molecule has 0 radical (unpaired) electrons. The minimum Gasteiger partial charge on any atom is -0.314 e. The standard InChI is InChI=1S/C18H18N2/c1-2-6-14-13(5-1)11-17(18-12-19-9-10-20-18)16-8-4-3-7-15(14)16/h1-8,11,18-20H,9-10,12H2/t18-/m1/s1. The van der Waals surface area contributed by atoms with Gasteiger partial charge in [-0.2, -0.15) is 0 Å². The maximum atomic E-state index is 3.63. The fourth-order valence-electron chi connectivity index (χ4n) is 3.24. The molecule has 2 heteroatoms. The molecule has 0 aromatic heterocycles. The van der Waals surface area contributed by atoms with Gasteiger partial charge in [-0.3, -0.25) is 0 Å². The second-order valence-corrected chi connectivity index (χ2v) is 5.44. The van der Waals surface area contributed by atoms with Crippen LogP contribution < -0.4 is 10.6 Å². The number of benzene rings is 3. The molecule has 0 aliphatic carbocycles. The van der Waals surface area contributed by atoms with E-state index in [0.717, 1.165) is 19.6 Å². The number of fused-ring (bicyclic) bond motifs is 3. The van der Waals surface area contributed by atoms with Crippen LogP contribution in [-0.2, 0) is 0 Å². The highest BCUT2D eigenvalue weighted by molar-refractivity contribution is 6.09. The van der Waals surface area contributed by atoms with E-state index < -0.39 is 0 Å². The number of hydrogen-bond donors (Lipinski definition) is 2. The van der Waals surface area contributed by atoms with Crippen molar-refractivity contribution in [2.45, 2.75) is 6.04 Å². The van der Waals surface area contributed by atoms with E-state index in [4.69, 9.17) is 0 Å². The highest BCUT2D eigenvalue weighted by atomic mass is 15.1. The number of rotatable bonds is 1. The van der Waals surface area contributed by atoms with E-state index >= 15 is 0 Å². The van der Waals surface area contributed by atoms with E-state index in [2.05, 4.69) is 65.2 Å². The van der Waals surface area contributed by atoms with Crippen molar-refractivity contribution in [1.29, 1.82) is 0 Å². The van der Waals surface area contributed by atoms with Crippen molar-refractivity contribution in [3.05, 3.63) is 60.2 Å². The lowest BCUT2D eigenvalue weighted by atomic mass is 9.93. The molecule has 1 aliphatic heterocycles. The van der Waals surface area contributed by atoms with Crippen molar-refractivity contribution in [3.8, 4) is 0 Å². The summed E-state index contributed by atoms with van der Waals surface area (Å²) in [4.78, 5) is 0. The fourth-order valence-corrected chi connectivity index (χ4v) is 3.24. The van der Waals surface area contributed by atoms with E-state index in [-0.39, 0.29) is 0 Å². The van der Waals surface area contributed by atoms with E-state index in [1.54, 1.807) is 0 Å². The van der Waals surface area contributed by atoms with Crippen LogP contribution in [0.4, 0.5) is 0 Å². The molecule has 0 spiro atoms. The number of hydrogen-bond acceptors (Lipinski definition) is 2. The van der Waals surface area contributed by atoms with Gasteiger partial charge in [0, 0.05) is 25.7 Å². The summed E-state index contributed by atoms with van der Waals surface area (Å²) in [5.74, 6) is 0. The molecule has 2 N–H and O–H groups in total. The Balaban J connectivity index is 2.02. The van der Waals surface area contributed by atoms with Gasteiger partial charge in [-0.1, -0.05) is 48.5 Å². The molecule has 0 saturated carbocycles. The lowest BCUT2D eigenvalue weighted by molar-refractivity contribution is 0.432. The maximum absolute atomic E-state index is 3.63. The first-order chi connectivity index (χ1) is 9.93. The molecule has 4 rings (SSSR count). The van der Waals surface area contributed by atoms with E-state index in [1.807, 2.05) is 0 Å². The minimum atomic E-state index is 0.401. The summed E-state index contributed by atoms with van der Waals surface area (Å²) < 4.78 is 0. The lowest BCUT2D eigenvalue weighted by Gasteiger charge is -2.26. The summed E-state index contributed by atoms with van der Waals surface area (Å²) in [6, 6.07) is 20.2. The Morgan fingerprint density at radius 3 is 2.35 bits per heavy atom. The quantitative estimate of drug-likeness (QED) is 0.658. The van der Waals surface area contributed by atoms with Gasteiger partial charge in [-0.25, -0.2) is 0 Å². The normalized spacial score (nSPS) is 19.5. The molecular formula is C18H18N2. The van der Waals surface area contributed by atoms with Crippen LogP contribution in [-0.4, -0.2) is 19.6 Å². The molecule has 1 saturated heterocycles. The summed E-state index contributed by atoms with van der Waals surface area (Å²) >= 11 is 0. The first-order valence-corrected chi connectivity index (χ1v) is 7.28. The van der Waals surface area contributed by atoms with Crippen LogP contribution in [0.15, 0.2) is 54.6 Å². The third-order valence-corrected chi connectivity index (χ3v) is 4.22. The molecule has 1 fully saturated rings. The molecule has 0 bridgehead atoms. The van der Waals surface area contributed by atoms with Crippen molar-refractivity contribution in [2.75, 3.05) is 19.6 Å². The van der Waals surface area contributed by atoms with E-state index in [9.17, 15) is 0 Å². The molecule has 0 amide bonds. The smallest absolute Gasteiger partial charge is 0.0453 e. The zero-order valence-corrected chi connectivity index (χ0v) is 11.4. The van der Waals surface area contributed by atoms with Crippen LogP contribution in [0.2, 0.25) is 0 Å². The molecule has 3 aromatic rings. The molecule has 1 aliphatic rings. The summed E-state index contributed by atoms with van der Waals surface area (Å²) in [5.41, 5.74) is 1.41. The summed E-state index contributed by atoms with van der Waals surface area (Å²) in [6.07, 6.45) is 0. The third-order valence-electron chi connectivity index (χ3n) is 4.22. The topological polar surface area (TPSA) is 24.1 Å². The average Bonchev–Trinajstić information content (AvgIpc) is 2.55. The second kappa shape index (κ2) is 4.89. The van der Waals surface area contributed by atoms with Gasteiger partial charge in [0.1, 0.15) is 0 Å². The SMILES string of the molecule is c1ccc2c(c1)cc([C@H]1CNCCN1)c1ccccc12. The van der Waals surface area contributed by atoms with Gasteiger partial charge in [0.05, 0.1) is 0 Å². The number of piperazine rings is 1. The highest BCUT2D eigenvalue weighted by Gasteiger charge is 2.17.